The molecule has 5 aliphatic rings. The fourth-order valence-electron chi connectivity index (χ4n) is 9.54. The Balaban J connectivity index is 1.23. The Hall–Kier alpha value is -1.43. The summed E-state index contributed by atoms with van der Waals surface area (Å²) in [5.41, 5.74) is -0.712. The summed E-state index contributed by atoms with van der Waals surface area (Å²) in [5, 5.41) is 10.5. The van der Waals surface area contributed by atoms with Crippen molar-refractivity contribution in [3.63, 3.8) is 0 Å². The number of carbonyl (C=O) groups is 3. The number of aliphatic hydroxyl groups is 1. The second-order valence-corrected chi connectivity index (χ2v) is 14.8. The van der Waals surface area contributed by atoms with Crippen molar-refractivity contribution < 1.29 is 24.2 Å². The maximum Gasteiger partial charge on any atom is 0.410 e. The van der Waals surface area contributed by atoms with Gasteiger partial charge in [0.1, 0.15) is 17.2 Å². The zero-order valence-electron chi connectivity index (χ0n) is 23.8. The minimum absolute atomic E-state index is 0.0440. The summed E-state index contributed by atoms with van der Waals surface area (Å²) < 4.78 is 5.56. The van der Waals surface area contributed by atoms with Crippen molar-refractivity contribution in [1.29, 1.82) is 0 Å². The van der Waals surface area contributed by atoms with Gasteiger partial charge in [0.05, 0.1) is 6.61 Å². The van der Waals surface area contributed by atoms with Crippen LogP contribution in [0.4, 0.5) is 4.79 Å². The number of aliphatic hydroxyl groups excluding tert-OH is 1. The molecule has 0 aromatic rings. The lowest BCUT2D eigenvalue weighted by molar-refractivity contribution is -0.172. The number of likely N-dealkylation sites (tertiary alicyclic amines) is 1. The molecule has 0 bridgehead atoms. The van der Waals surface area contributed by atoms with Crippen LogP contribution in [-0.2, 0) is 14.3 Å². The molecule has 1 amide bonds. The van der Waals surface area contributed by atoms with Crippen LogP contribution in [0.1, 0.15) is 98.8 Å². The standard InChI is InChI=1S/C31H49NO5/c1-29(2,3)37-28(36)32-15-12-20(17-32)7-6-19-10-13-30(4)23-11-14-31(5)22(8-9-25(31)34)26(23)27(35)21(18-33)24(30)16-19/h19-24,26,33H,6-18H2,1-5H3/t19-,20?,21+,22?,23?,24?,26?,30+,31-/m0/s1. The number of Topliss-reactive ketones (excluding diaryl/α,β-unsaturated/α-hetero) is 2. The number of fused-ring (bicyclic) bond motifs is 5. The highest BCUT2D eigenvalue weighted by atomic mass is 16.6. The smallest absolute Gasteiger partial charge is 0.410 e. The molecule has 0 aromatic carbocycles. The molecule has 5 rings (SSSR count). The zero-order chi connectivity index (χ0) is 26.8. The van der Waals surface area contributed by atoms with Gasteiger partial charge >= 0.3 is 6.09 Å². The van der Waals surface area contributed by atoms with E-state index in [1.54, 1.807) is 0 Å². The van der Waals surface area contributed by atoms with Crippen LogP contribution in [0, 0.1) is 52.3 Å². The maximum atomic E-state index is 13.9. The molecule has 0 radical (unpaired) electrons. The molecule has 4 aliphatic carbocycles. The summed E-state index contributed by atoms with van der Waals surface area (Å²) in [6, 6.07) is 0. The van der Waals surface area contributed by atoms with E-state index in [0.29, 0.717) is 30.0 Å². The van der Waals surface area contributed by atoms with Crippen LogP contribution in [0.3, 0.4) is 0 Å². The summed E-state index contributed by atoms with van der Waals surface area (Å²) in [7, 11) is 0. The number of ketones is 2. The highest BCUT2D eigenvalue weighted by molar-refractivity contribution is 5.91. The van der Waals surface area contributed by atoms with Crippen LogP contribution in [0.2, 0.25) is 0 Å². The van der Waals surface area contributed by atoms with Crippen LogP contribution in [0.5, 0.6) is 0 Å². The Labute approximate surface area is 223 Å². The number of nitrogens with zero attached hydrogens (tertiary/aromatic N) is 1. The van der Waals surface area contributed by atoms with Crippen LogP contribution in [0.25, 0.3) is 0 Å². The van der Waals surface area contributed by atoms with E-state index in [4.69, 9.17) is 4.74 Å². The second-order valence-electron chi connectivity index (χ2n) is 14.8. The highest BCUT2D eigenvalue weighted by Gasteiger charge is 2.65. The third-order valence-corrected chi connectivity index (χ3v) is 11.6. The summed E-state index contributed by atoms with van der Waals surface area (Å²) in [4.78, 5) is 41.0. The number of carbonyl (C=O) groups excluding carboxylic acids is 3. The summed E-state index contributed by atoms with van der Waals surface area (Å²) in [5.74, 6) is 2.17. The third kappa shape index (κ3) is 4.67. The van der Waals surface area contributed by atoms with Crippen molar-refractivity contribution in [2.45, 2.75) is 104 Å². The van der Waals surface area contributed by atoms with Gasteiger partial charge in [-0.2, -0.15) is 0 Å². The van der Waals surface area contributed by atoms with Crippen LogP contribution in [-0.4, -0.2) is 53.0 Å². The monoisotopic (exact) mass is 515 g/mol. The van der Waals surface area contributed by atoms with Crippen molar-refractivity contribution in [3.8, 4) is 0 Å². The van der Waals surface area contributed by atoms with E-state index in [-0.39, 0.29) is 53.0 Å². The van der Waals surface area contributed by atoms with Crippen molar-refractivity contribution >= 4 is 17.7 Å². The molecule has 1 N–H and O–H groups in total. The van der Waals surface area contributed by atoms with Gasteiger partial charge in [-0.05, 0) is 107 Å². The van der Waals surface area contributed by atoms with Crippen LogP contribution in [0.15, 0.2) is 0 Å². The highest BCUT2D eigenvalue weighted by Crippen LogP contribution is 2.66. The Bertz CT molecular complexity index is 925. The fourth-order valence-corrected chi connectivity index (χ4v) is 9.54. The van der Waals surface area contributed by atoms with Crippen LogP contribution >= 0.6 is 0 Å². The molecule has 37 heavy (non-hydrogen) atoms. The van der Waals surface area contributed by atoms with Crippen molar-refractivity contribution in [2.75, 3.05) is 19.7 Å². The number of hydrogen-bond acceptors (Lipinski definition) is 5. The average molecular weight is 516 g/mol. The minimum atomic E-state index is -0.464. The van der Waals surface area contributed by atoms with Gasteiger partial charge < -0.3 is 14.7 Å². The molecule has 5 fully saturated rings. The summed E-state index contributed by atoms with van der Waals surface area (Å²) in [6.07, 6.45) is 9.80. The van der Waals surface area contributed by atoms with E-state index in [2.05, 4.69) is 13.8 Å². The largest absolute Gasteiger partial charge is 0.444 e. The molecule has 208 valence electrons. The number of ether oxygens (including phenoxy) is 1. The predicted octanol–water partition coefficient (Wildman–Crippen LogP) is 5.65. The molecule has 1 aliphatic heterocycles. The molecule has 1 heterocycles. The first kappa shape index (κ1) is 27.1. The van der Waals surface area contributed by atoms with E-state index in [0.717, 1.165) is 64.5 Å². The quantitative estimate of drug-likeness (QED) is 0.523. The van der Waals surface area contributed by atoms with Crippen molar-refractivity contribution in [3.05, 3.63) is 0 Å². The van der Waals surface area contributed by atoms with Gasteiger partial charge in [0, 0.05) is 36.8 Å². The van der Waals surface area contributed by atoms with E-state index < -0.39 is 5.60 Å². The second kappa shape index (κ2) is 9.64. The summed E-state index contributed by atoms with van der Waals surface area (Å²) >= 11 is 0. The topological polar surface area (TPSA) is 83.9 Å². The van der Waals surface area contributed by atoms with Gasteiger partial charge in [-0.1, -0.05) is 20.3 Å². The third-order valence-electron chi connectivity index (χ3n) is 11.6. The number of rotatable bonds is 4. The predicted molar refractivity (Wildman–Crippen MR) is 142 cm³/mol. The first-order valence-electron chi connectivity index (χ1n) is 15.0. The van der Waals surface area contributed by atoms with E-state index in [1.165, 1.54) is 6.42 Å². The summed E-state index contributed by atoms with van der Waals surface area (Å²) in [6.45, 7) is 11.8. The number of hydrogen-bond donors (Lipinski definition) is 1. The lowest BCUT2D eigenvalue weighted by Gasteiger charge is -2.61. The maximum absolute atomic E-state index is 13.9. The van der Waals surface area contributed by atoms with E-state index >= 15 is 0 Å². The van der Waals surface area contributed by atoms with Gasteiger partial charge in [0.2, 0.25) is 0 Å². The molecule has 5 unspecified atom stereocenters. The van der Waals surface area contributed by atoms with Crippen molar-refractivity contribution in [2.24, 2.45) is 52.3 Å². The number of amides is 1. The van der Waals surface area contributed by atoms with Crippen molar-refractivity contribution in [1.82, 2.24) is 4.90 Å². The molecule has 1 saturated heterocycles. The zero-order valence-corrected chi connectivity index (χ0v) is 23.8. The first-order valence-corrected chi connectivity index (χ1v) is 15.0. The van der Waals surface area contributed by atoms with Gasteiger partial charge in [0.25, 0.3) is 0 Å². The molecule has 0 aromatic heterocycles. The molecule has 6 heteroatoms. The normalized spacial score (nSPS) is 43.8. The fraction of sp³-hybridized carbons (Fsp3) is 0.903. The SMILES string of the molecule is CC(C)(C)OC(=O)N1CCC(CC[C@H]2CC[C@]3(C)C4CC[C@]5(C)C(=O)CCC5C4C(=O)[C@H](CO)C3C2)C1. The Morgan fingerprint density at radius 3 is 2.43 bits per heavy atom. The van der Waals surface area contributed by atoms with Gasteiger partial charge in [-0.3, -0.25) is 9.59 Å². The molecule has 6 nitrogen and oxygen atoms in total. The molecular weight excluding hydrogens is 466 g/mol. The minimum Gasteiger partial charge on any atom is -0.444 e. The average Bonchev–Trinajstić information content (AvgIpc) is 3.42. The lowest BCUT2D eigenvalue weighted by atomic mass is 9.42. The molecular formula is C31H49NO5. The lowest BCUT2D eigenvalue weighted by Crippen LogP contribution is -2.61. The van der Waals surface area contributed by atoms with E-state index in [1.807, 2.05) is 25.7 Å². The van der Waals surface area contributed by atoms with Gasteiger partial charge in [-0.15, -0.1) is 0 Å². The Morgan fingerprint density at radius 1 is 1.00 bits per heavy atom. The van der Waals surface area contributed by atoms with Gasteiger partial charge in [-0.25, -0.2) is 4.79 Å². The van der Waals surface area contributed by atoms with Gasteiger partial charge in [0.15, 0.2) is 0 Å². The van der Waals surface area contributed by atoms with E-state index in [9.17, 15) is 19.5 Å². The first-order chi connectivity index (χ1) is 17.4. The molecule has 4 saturated carbocycles. The molecule has 0 spiro atoms. The molecule has 9 atom stereocenters. The Morgan fingerprint density at radius 2 is 1.73 bits per heavy atom. The Kier molecular flexibility index (Phi) is 7.07. The van der Waals surface area contributed by atoms with Crippen LogP contribution < -0.4 is 0 Å².